The van der Waals surface area contributed by atoms with Gasteiger partial charge in [-0.05, 0) is 6.07 Å². The van der Waals surface area contributed by atoms with Crippen molar-refractivity contribution in [3.05, 3.63) is 40.3 Å². The first-order valence-electron chi connectivity index (χ1n) is 5.96. The maximum Gasteiger partial charge on any atom is 0.307 e. The van der Waals surface area contributed by atoms with E-state index < -0.39 is 11.9 Å². The minimum atomic E-state index is -0.457. The van der Waals surface area contributed by atoms with Gasteiger partial charge in [0, 0.05) is 11.9 Å². The monoisotopic (exact) mass is 275 g/mol. The van der Waals surface area contributed by atoms with Crippen LogP contribution in [0.4, 0.5) is 0 Å². The molecule has 0 fully saturated rings. The number of benzene rings is 1. The number of amides is 1. The van der Waals surface area contributed by atoms with E-state index in [-0.39, 0.29) is 24.2 Å². The average molecular weight is 275 g/mol. The van der Waals surface area contributed by atoms with E-state index in [0.717, 1.165) is 0 Å². The lowest BCUT2D eigenvalue weighted by molar-refractivity contribution is -0.140. The number of hydrogen-bond acceptors (Lipinski definition) is 5. The van der Waals surface area contributed by atoms with Crippen LogP contribution in [0.3, 0.4) is 0 Å². The van der Waals surface area contributed by atoms with Crippen LogP contribution in [0, 0.1) is 0 Å². The Morgan fingerprint density at radius 1 is 1.30 bits per heavy atom. The molecule has 0 unspecified atom stereocenters. The molecule has 1 amide bonds. The van der Waals surface area contributed by atoms with Gasteiger partial charge in [0.25, 0.3) is 11.5 Å². The summed E-state index contributed by atoms with van der Waals surface area (Å²) in [4.78, 5) is 34.5. The molecule has 0 atom stereocenters. The Morgan fingerprint density at radius 2 is 2.00 bits per heavy atom. The summed E-state index contributed by atoms with van der Waals surface area (Å²) >= 11 is 0. The van der Waals surface area contributed by atoms with Crippen molar-refractivity contribution < 1.29 is 14.3 Å². The second-order valence-electron chi connectivity index (χ2n) is 4.03. The average Bonchev–Trinajstić information content (AvgIpc) is 2.47. The van der Waals surface area contributed by atoms with Crippen molar-refractivity contribution in [3.63, 3.8) is 0 Å². The first kappa shape index (κ1) is 13.7. The molecule has 0 saturated heterocycles. The lowest BCUT2D eigenvalue weighted by Crippen LogP contribution is -2.28. The number of nitrogens with one attached hydrogen (secondary N) is 2. The number of nitrogens with zero attached hydrogens (tertiary/aromatic N) is 1. The molecule has 7 nitrogen and oxygen atoms in total. The molecule has 0 bridgehead atoms. The van der Waals surface area contributed by atoms with Crippen LogP contribution in [0.1, 0.15) is 16.9 Å². The Balaban J connectivity index is 2.21. The molecular formula is C13H13N3O4. The van der Waals surface area contributed by atoms with Gasteiger partial charge in [-0.15, -0.1) is 0 Å². The van der Waals surface area contributed by atoms with Crippen molar-refractivity contribution in [3.8, 4) is 0 Å². The van der Waals surface area contributed by atoms with Crippen LogP contribution >= 0.6 is 0 Å². The van der Waals surface area contributed by atoms with Gasteiger partial charge in [-0.3, -0.25) is 14.4 Å². The van der Waals surface area contributed by atoms with Crippen LogP contribution in [0.5, 0.6) is 0 Å². The van der Waals surface area contributed by atoms with E-state index in [1.54, 1.807) is 24.3 Å². The molecule has 1 aromatic carbocycles. The van der Waals surface area contributed by atoms with Crippen LogP contribution in [0.15, 0.2) is 29.1 Å². The smallest absolute Gasteiger partial charge is 0.307 e. The number of fused-ring (bicyclic) bond motifs is 1. The fourth-order valence-corrected chi connectivity index (χ4v) is 1.75. The quantitative estimate of drug-likeness (QED) is 0.777. The largest absolute Gasteiger partial charge is 0.469 e. The van der Waals surface area contributed by atoms with Crippen LogP contribution in [-0.4, -0.2) is 35.7 Å². The molecule has 0 saturated carbocycles. The van der Waals surface area contributed by atoms with Crippen molar-refractivity contribution >= 4 is 22.6 Å². The van der Waals surface area contributed by atoms with Crippen molar-refractivity contribution in [2.75, 3.05) is 13.7 Å². The molecule has 2 N–H and O–H groups in total. The van der Waals surface area contributed by atoms with Gasteiger partial charge in [-0.2, -0.15) is 5.10 Å². The highest BCUT2D eigenvalue weighted by Gasteiger charge is 2.13. The van der Waals surface area contributed by atoms with E-state index in [1.807, 2.05) is 0 Å². The van der Waals surface area contributed by atoms with E-state index in [0.29, 0.717) is 10.8 Å². The zero-order chi connectivity index (χ0) is 14.5. The van der Waals surface area contributed by atoms with Gasteiger partial charge in [0.05, 0.1) is 18.9 Å². The van der Waals surface area contributed by atoms with Crippen molar-refractivity contribution in [2.45, 2.75) is 6.42 Å². The summed E-state index contributed by atoms with van der Waals surface area (Å²) in [7, 11) is 1.28. The van der Waals surface area contributed by atoms with Crippen LogP contribution in [-0.2, 0) is 9.53 Å². The Hall–Kier alpha value is -2.70. The number of aromatic amines is 1. The summed E-state index contributed by atoms with van der Waals surface area (Å²) in [6.07, 6.45) is 0.0729. The lowest BCUT2D eigenvalue weighted by Gasteiger charge is -2.06. The molecule has 104 valence electrons. The van der Waals surface area contributed by atoms with E-state index >= 15 is 0 Å². The Morgan fingerprint density at radius 3 is 2.70 bits per heavy atom. The number of H-pyrrole nitrogens is 1. The Labute approximate surface area is 113 Å². The summed E-state index contributed by atoms with van der Waals surface area (Å²) in [6, 6.07) is 6.68. The van der Waals surface area contributed by atoms with Gasteiger partial charge in [0.1, 0.15) is 0 Å². The van der Waals surface area contributed by atoms with E-state index in [9.17, 15) is 14.4 Å². The number of esters is 1. The van der Waals surface area contributed by atoms with Gasteiger partial charge in [0.2, 0.25) is 0 Å². The number of carbonyl (C=O) groups excluding carboxylic acids is 2. The summed E-state index contributed by atoms with van der Waals surface area (Å²) in [5.41, 5.74) is -0.239. The molecule has 0 radical (unpaired) electrons. The van der Waals surface area contributed by atoms with Crippen LogP contribution in [0.2, 0.25) is 0 Å². The number of carbonyl (C=O) groups is 2. The summed E-state index contributed by atoms with van der Waals surface area (Å²) in [6.45, 7) is 0.140. The predicted octanol–water partition coefficient (Wildman–Crippen LogP) is 0.216. The zero-order valence-electron chi connectivity index (χ0n) is 10.8. The molecule has 20 heavy (non-hydrogen) atoms. The SMILES string of the molecule is COC(=O)CCNC(=O)c1n[nH]c(=O)c2ccccc12. The second kappa shape index (κ2) is 5.96. The maximum atomic E-state index is 12.0. The third-order valence-electron chi connectivity index (χ3n) is 2.75. The Kier molecular flexibility index (Phi) is 4.09. The summed E-state index contributed by atoms with van der Waals surface area (Å²) < 4.78 is 4.47. The van der Waals surface area contributed by atoms with Crippen molar-refractivity contribution in [2.24, 2.45) is 0 Å². The first-order chi connectivity index (χ1) is 9.63. The number of ether oxygens (including phenoxy) is 1. The molecule has 7 heteroatoms. The van der Waals surface area contributed by atoms with Gasteiger partial charge in [-0.25, -0.2) is 5.10 Å². The fourth-order valence-electron chi connectivity index (χ4n) is 1.75. The van der Waals surface area contributed by atoms with Gasteiger partial charge in [0.15, 0.2) is 5.69 Å². The van der Waals surface area contributed by atoms with Gasteiger partial charge < -0.3 is 10.1 Å². The lowest BCUT2D eigenvalue weighted by atomic mass is 10.1. The maximum absolute atomic E-state index is 12.0. The van der Waals surface area contributed by atoms with E-state index in [1.165, 1.54) is 7.11 Å². The third-order valence-corrected chi connectivity index (χ3v) is 2.75. The molecule has 2 rings (SSSR count). The predicted molar refractivity (Wildman–Crippen MR) is 71.3 cm³/mol. The number of rotatable bonds is 4. The molecule has 1 aromatic heterocycles. The first-order valence-corrected chi connectivity index (χ1v) is 5.96. The molecular weight excluding hydrogens is 262 g/mol. The molecule has 0 aliphatic heterocycles. The van der Waals surface area contributed by atoms with Gasteiger partial charge in [-0.1, -0.05) is 18.2 Å². The van der Waals surface area contributed by atoms with Gasteiger partial charge >= 0.3 is 5.97 Å². The highest BCUT2D eigenvalue weighted by molar-refractivity contribution is 6.04. The van der Waals surface area contributed by atoms with Crippen molar-refractivity contribution in [1.82, 2.24) is 15.5 Å². The standard InChI is InChI=1S/C13H13N3O4/c1-20-10(17)6-7-14-13(19)11-8-4-2-3-5-9(8)12(18)16-15-11/h2-5H,6-7H2,1H3,(H,14,19)(H,16,18). The van der Waals surface area contributed by atoms with Crippen molar-refractivity contribution in [1.29, 1.82) is 0 Å². The molecule has 0 aliphatic carbocycles. The van der Waals surface area contributed by atoms with Crippen LogP contribution in [0.25, 0.3) is 10.8 Å². The molecule has 2 aromatic rings. The zero-order valence-corrected chi connectivity index (χ0v) is 10.8. The van der Waals surface area contributed by atoms with E-state index in [4.69, 9.17) is 0 Å². The summed E-state index contributed by atoms with van der Waals surface area (Å²) in [5, 5.41) is 9.44. The topological polar surface area (TPSA) is 101 Å². The number of aromatic nitrogens is 2. The third kappa shape index (κ3) is 2.82. The fraction of sp³-hybridized carbons (Fsp3) is 0.231. The number of methoxy groups -OCH3 is 1. The molecule has 0 aliphatic rings. The van der Waals surface area contributed by atoms with E-state index in [2.05, 4.69) is 20.3 Å². The molecule has 1 heterocycles. The minimum absolute atomic E-state index is 0.0729. The summed E-state index contributed by atoms with van der Waals surface area (Å²) in [5.74, 6) is -0.870. The normalized spacial score (nSPS) is 10.2. The Bertz CT molecular complexity index is 708. The highest BCUT2D eigenvalue weighted by Crippen LogP contribution is 2.11. The molecule has 0 spiro atoms. The second-order valence-corrected chi connectivity index (χ2v) is 4.03. The highest BCUT2D eigenvalue weighted by atomic mass is 16.5. The minimum Gasteiger partial charge on any atom is -0.469 e. The number of hydrogen-bond donors (Lipinski definition) is 2. The van der Waals surface area contributed by atoms with Crippen LogP contribution < -0.4 is 10.9 Å².